The molecule has 19 heavy (non-hydrogen) atoms. The van der Waals surface area contributed by atoms with E-state index in [1.165, 1.54) is 0 Å². The molecular weight excluding hydrogens is 264 g/mol. The van der Waals surface area contributed by atoms with E-state index in [4.69, 9.17) is 4.52 Å². The predicted octanol–water partition coefficient (Wildman–Crippen LogP) is 2.90. The zero-order chi connectivity index (χ0) is 13.7. The lowest BCUT2D eigenvalue weighted by atomic mass is 9.77. The van der Waals surface area contributed by atoms with Crippen LogP contribution < -0.4 is 0 Å². The van der Waals surface area contributed by atoms with Gasteiger partial charge in [-0.25, -0.2) is 0 Å². The molecular formula is C13H20N2O3S. The first-order valence-corrected chi connectivity index (χ1v) is 8.09. The van der Waals surface area contributed by atoms with E-state index in [0.717, 1.165) is 25.7 Å². The van der Waals surface area contributed by atoms with Crippen molar-refractivity contribution in [2.45, 2.75) is 50.7 Å². The fourth-order valence-electron chi connectivity index (χ4n) is 2.71. The third-order valence-corrected chi connectivity index (χ3v) is 4.33. The monoisotopic (exact) mass is 284 g/mol. The Morgan fingerprint density at radius 1 is 1.37 bits per heavy atom. The van der Waals surface area contributed by atoms with Gasteiger partial charge in [-0.15, -0.1) is 0 Å². The summed E-state index contributed by atoms with van der Waals surface area (Å²) in [5.74, 6) is 1.09. The minimum atomic E-state index is -0.723. The number of rotatable bonds is 5. The minimum absolute atomic E-state index is 0.365. The Labute approximate surface area is 117 Å². The van der Waals surface area contributed by atoms with Gasteiger partial charge >= 0.3 is 5.97 Å². The zero-order valence-electron chi connectivity index (χ0n) is 11.2. The smallest absolute Gasteiger partial charge is 0.310 e. The standard InChI is InChI=1S/C13H20N2O3S/c1-19-9-10-14-11(18-15-10)8-13(12(16)17)6-4-2-3-5-7-13/h2-9H2,1H3,(H,16,17). The van der Waals surface area contributed by atoms with Crippen molar-refractivity contribution in [2.75, 3.05) is 6.26 Å². The Kier molecular flexibility index (Phi) is 4.85. The molecule has 0 amide bonds. The van der Waals surface area contributed by atoms with Crippen molar-refractivity contribution in [1.82, 2.24) is 10.1 Å². The van der Waals surface area contributed by atoms with Crippen LogP contribution in [0.5, 0.6) is 0 Å². The highest BCUT2D eigenvalue weighted by Gasteiger charge is 2.40. The molecule has 5 nitrogen and oxygen atoms in total. The Balaban J connectivity index is 2.12. The van der Waals surface area contributed by atoms with Gasteiger partial charge in [0.25, 0.3) is 0 Å². The molecule has 0 atom stereocenters. The Bertz CT molecular complexity index is 425. The topological polar surface area (TPSA) is 76.2 Å². The number of aliphatic carboxylic acids is 1. The van der Waals surface area contributed by atoms with Gasteiger partial charge in [0.2, 0.25) is 5.89 Å². The summed E-state index contributed by atoms with van der Waals surface area (Å²) in [5, 5.41) is 13.5. The molecule has 1 heterocycles. The highest BCUT2D eigenvalue weighted by molar-refractivity contribution is 7.97. The fraction of sp³-hybridized carbons (Fsp3) is 0.769. The van der Waals surface area contributed by atoms with Crippen LogP contribution in [0.2, 0.25) is 0 Å². The fourth-order valence-corrected chi connectivity index (χ4v) is 3.09. The molecule has 1 N–H and O–H groups in total. The first kappa shape index (κ1) is 14.4. The molecule has 0 unspecified atom stereocenters. The molecule has 1 fully saturated rings. The highest BCUT2D eigenvalue weighted by atomic mass is 32.2. The van der Waals surface area contributed by atoms with E-state index < -0.39 is 11.4 Å². The maximum absolute atomic E-state index is 11.7. The van der Waals surface area contributed by atoms with E-state index in [1.54, 1.807) is 11.8 Å². The summed E-state index contributed by atoms with van der Waals surface area (Å²) < 4.78 is 5.20. The van der Waals surface area contributed by atoms with Gasteiger partial charge in [0.1, 0.15) is 0 Å². The van der Waals surface area contributed by atoms with Crippen molar-refractivity contribution < 1.29 is 14.4 Å². The molecule has 0 saturated heterocycles. The summed E-state index contributed by atoms with van der Waals surface area (Å²) >= 11 is 1.62. The average Bonchev–Trinajstić information content (AvgIpc) is 2.66. The van der Waals surface area contributed by atoms with Crippen LogP contribution in [0.4, 0.5) is 0 Å². The minimum Gasteiger partial charge on any atom is -0.481 e. The van der Waals surface area contributed by atoms with Crippen molar-refractivity contribution >= 4 is 17.7 Å². The largest absolute Gasteiger partial charge is 0.481 e. The normalized spacial score (nSPS) is 19.0. The lowest BCUT2D eigenvalue weighted by Crippen LogP contribution is -2.33. The average molecular weight is 284 g/mol. The third-order valence-electron chi connectivity index (χ3n) is 3.79. The second-order valence-electron chi connectivity index (χ2n) is 5.21. The van der Waals surface area contributed by atoms with Gasteiger partial charge in [-0.05, 0) is 19.1 Å². The molecule has 1 aromatic heterocycles. The van der Waals surface area contributed by atoms with Gasteiger partial charge < -0.3 is 9.63 Å². The summed E-state index contributed by atoms with van der Waals surface area (Å²) in [6.45, 7) is 0. The van der Waals surface area contributed by atoms with Crippen molar-refractivity contribution in [2.24, 2.45) is 5.41 Å². The second-order valence-corrected chi connectivity index (χ2v) is 6.08. The quantitative estimate of drug-likeness (QED) is 0.838. The molecule has 106 valence electrons. The molecule has 1 aliphatic carbocycles. The molecule has 0 bridgehead atoms. The number of carboxylic acids is 1. The van der Waals surface area contributed by atoms with E-state index in [2.05, 4.69) is 10.1 Å². The van der Waals surface area contributed by atoms with E-state index in [9.17, 15) is 9.90 Å². The van der Waals surface area contributed by atoms with Crippen molar-refractivity contribution in [3.63, 3.8) is 0 Å². The molecule has 0 aliphatic heterocycles. The number of thioether (sulfide) groups is 1. The molecule has 1 aliphatic rings. The van der Waals surface area contributed by atoms with Crippen LogP contribution in [0.3, 0.4) is 0 Å². The van der Waals surface area contributed by atoms with E-state index >= 15 is 0 Å². The van der Waals surface area contributed by atoms with Crippen LogP contribution in [0.25, 0.3) is 0 Å². The molecule has 0 spiro atoms. The maximum atomic E-state index is 11.7. The van der Waals surface area contributed by atoms with Gasteiger partial charge in [-0.1, -0.05) is 30.8 Å². The predicted molar refractivity (Wildman–Crippen MR) is 73.0 cm³/mol. The summed E-state index contributed by atoms with van der Waals surface area (Å²) in [6.07, 6.45) is 7.94. The number of hydrogen-bond donors (Lipinski definition) is 1. The number of nitrogens with zero attached hydrogens (tertiary/aromatic N) is 2. The number of carboxylic acid groups (broad SMARTS) is 1. The Morgan fingerprint density at radius 3 is 2.63 bits per heavy atom. The van der Waals surface area contributed by atoms with Gasteiger partial charge in [0.05, 0.1) is 11.2 Å². The van der Waals surface area contributed by atoms with Crippen molar-refractivity contribution in [1.29, 1.82) is 0 Å². The molecule has 1 aromatic rings. The Hall–Kier alpha value is -1.04. The zero-order valence-corrected chi connectivity index (χ0v) is 12.0. The lowest BCUT2D eigenvalue weighted by molar-refractivity contribution is -0.150. The molecule has 1 saturated carbocycles. The first-order valence-electron chi connectivity index (χ1n) is 6.70. The number of carbonyl (C=O) groups is 1. The van der Waals surface area contributed by atoms with Crippen LogP contribution in [0.1, 0.15) is 50.2 Å². The van der Waals surface area contributed by atoms with Crippen molar-refractivity contribution in [3.8, 4) is 0 Å². The Morgan fingerprint density at radius 2 is 2.05 bits per heavy atom. The summed E-state index contributed by atoms with van der Waals surface area (Å²) in [7, 11) is 0. The first-order chi connectivity index (χ1) is 9.16. The molecule has 6 heteroatoms. The van der Waals surface area contributed by atoms with Gasteiger partial charge in [0, 0.05) is 6.42 Å². The lowest BCUT2D eigenvalue weighted by Gasteiger charge is -2.26. The SMILES string of the molecule is CSCc1noc(CC2(C(=O)O)CCCCCC2)n1. The van der Waals surface area contributed by atoms with E-state index in [-0.39, 0.29) is 0 Å². The van der Waals surface area contributed by atoms with Crippen LogP contribution in [0.15, 0.2) is 4.52 Å². The molecule has 0 radical (unpaired) electrons. The van der Waals surface area contributed by atoms with Crippen molar-refractivity contribution in [3.05, 3.63) is 11.7 Å². The van der Waals surface area contributed by atoms with Crippen LogP contribution in [-0.2, 0) is 17.0 Å². The highest BCUT2D eigenvalue weighted by Crippen LogP contribution is 2.38. The van der Waals surface area contributed by atoms with Crippen LogP contribution in [-0.4, -0.2) is 27.5 Å². The van der Waals surface area contributed by atoms with Gasteiger partial charge in [-0.3, -0.25) is 4.79 Å². The molecule has 2 rings (SSSR count). The molecule has 0 aromatic carbocycles. The van der Waals surface area contributed by atoms with Gasteiger partial charge in [0.15, 0.2) is 5.82 Å². The summed E-state index contributed by atoms with van der Waals surface area (Å²) in [6, 6.07) is 0. The van der Waals surface area contributed by atoms with E-state index in [0.29, 0.717) is 36.7 Å². The van der Waals surface area contributed by atoms with Crippen LogP contribution >= 0.6 is 11.8 Å². The van der Waals surface area contributed by atoms with Gasteiger partial charge in [-0.2, -0.15) is 16.7 Å². The maximum Gasteiger partial charge on any atom is 0.310 e. The number of aromatic nitrogens is 2. The van der Waals surface area contributed by atoms with Crippen LogP contribution in [0, 0.1) is 5.41 Å². The summed E-state index contributed by atoms with van der Waals surface area (Å²) in [5.41, 5.74) is -0.709. The summed E-state index contributed by atoms with van der Waals surface area (Å²) in [4.78, 5) is 16.0. The van der Waals surface area contributed by atoms with E-state index in [1.807, 2.05) is 6.26 Å². The second kappa shape index (κ2) is 6.41. The third kappa shape index (κ3) is 3.49. The number of hydrogen-bond acceptors (Lipinski definition) is 5.